The molecule has 3 atom stereocenters. The fourth-order valence-corrected chi connectivity index (χ4v) is 1.85. The number of hydrogen-bond acceptors (Lipinski definition) is 3. The summed E-state index contributed by atoms with van der Waals surface area (Å²) < 4.78 is 11.1. The van der Waals surface area contributed by atoms with Crippen molar-refractivity contribution in [3.05, 3.63) is 11.6 Å². The van der Waals surface area contributed by atoms with Crippen LogP contribution in [0.15, 0.2) is 11.6 Å². The third kappa shape index (κ3) is 1.09. The van der Waals surface area contributed by atoms with Crippen molar-refractivity contribution < 1.29 is 14.6 Å². The maximum absolute atomic E-state index is 9.52. The van der Waals surface area contributed by atoms with E-state index in [1.165, 1.54) is 0 Å². The molecule has 68 valence electrons. The third-order valence-electron chi connectivity index (χ3n) is 2.35. The quantitative estimate of drug-likeness (QED) is 0.547. The molecule has 12 heavy (non-hydrogen) atoms. The molecule has 1 aliphatic carbocycles. The number of rotatable bonds is 0. The largest absolute Gasteiger partial charge is 0.386 e. The zero-order valence-corrected chi connectivity index (χ0v) is 7.57. The molecule has 3 nitrogen and oxygen atoms in total. The molecule has 1 aliphatic heterocycles. The number of fused-ring (bicyclic) bond motifs is 1. The van der Waals surface area contributed by atoms with E-state index in [1.807, 2.05) is 20.8 Å². The van der Waals surface area contributed by atoms with Crippen LogP contribution in [0.25, 0.3) is 0 Å². The van der Waals surface area contributed by atoms with E-state index < -0.39 is 11.9 Å². The maximum atomic E-state index is 9.52. The van der Waals surface area contributed by atoms with Crippen molar-refractivity contribution in [2.75, 3.05) is 0 Å². The molecule has 0 spiro atoms. The van der Waals surface area contributed by atoms with Crippen LogP contribution in [0.5, 0.6) is 0 Å². The molecule has 2 aliphatic rings. The van der Waals surface area contributed by atoms with Crippen LogP contribution in [0.3, 0.4) is 0 Å². The van der Waals surface area contributed by atoms with E-state index in [0.717, 1.165) is 5.57 Å². The highest BCUT2D eigenvalue weighted by molar-refractivity contribution is 5.22. The molecule has 0 aromatic heterocycles. The van der Waals surface area contributed by atoms with Gasteiger partial charge in [-0.05, 0) is 26.3 Å². The first-order valence-electron chi connectivity index (χ1n) is 4.22. The van der Waals surface area contributed by atoms with Gasteiger partial charge in [0.2, 0.25) is 0 Å². The van der Waals surface area contributed by atoms with E-state index in [4.69, 9.17) is 9.47 Å². The van der Waals surface area contributed by atoms with Gasteiger partial charge < -0.3 is 14.6 Å². The van der Waals surface area contributed by atoms with Crippen LogP contribution in [0.1, 0.15) is 20.8 Å². The molecule has 0 aromatic rings. The van der Waals surface area contributed by atoms with Crippen molar-refractivity contribution >= 4 is 0 Å². The van der Waals surface area contributed by atoms with Crippen LogP contribution in [-0.2, 0) is 9.47 Å². The number of aliphatic hydroxyl groups excluding tert-OH is 1. The number of hydrogen-bond donors (Lipinski definition) is 1. The fourth-order valence-electron chi connectivity index (χ4n) is 1.85. The third-order valence-corrected chi connectivity index (χ3v) is 2.35. The Balaban J connectivity index is 2.21. The lowest BCUT2D eigenvalue weighted by molar-refractivity contribution is -0.152. The average Bonchev–Trinajstić information content (AvgIpc) is 2.34. The molecule has 0 unspecified atom stereocenters. The first-order chi connectivity index (χ1) is 5.49. The second kappa shape index (κ2) is 2.31. The van der Waals surface area contributed by atoms with Crippen LogP contribution >= 0.6 is 0 Å². The lowest BCUT2D eigenvalue weighted by Crippen LogP contribution is -2.28. The molecule has 0 aromatic carbocycles. The van der Waals surface area contributed by atoms with Crippen LogP contribution in [0, 0.1) is 0 Å². The highest BCUT2D eigenvalue weighted by Gasteiger charge is 2.48. The van der Waals surface area contributed by atoms with E-state index >= 15 is 0 Å². The van der Waals surface area contributed by atoms with E-state index in [-0.39, 0.29) is 12.2 Å². The van der Waals surface area contributed by atoms with E-state index in [1.54, 1.807) is 6.08 Å². The topological polar surface area (TPSA) is 38.7 Å². The van der Waals surface area contributed by atoms with Crippen molar-refractivity contribution in [2.45, 2.75) is 44.9 Å². The lowest BCUT2D eigenvalue weighted by atomic mass is 10.2. The fraction of sp³-hybridized carbons (Fsp3) is 0.778. The highest BCUT2D eigenvalue weighted by Crippen LogP contribution is 2.37. The SMILES string of the molecule is CC1=C[C@@H](O)[C@@H]2OC(C)(C)O[C@H]12. The molecule has 2 rings (SSSR count). The summed E-state index contributed by atoms with van der Waals surface area (Å²) in [5, 5.41) is 9.52. The van der Waals surface area contributed by atoms with Crippen molar-refractivity contribution in [3.63, 3.8) is 0 Å². The first kappa shape index (κ1) is 8.23. The van der Waals surface area contributed by atoms with Crippen molar-refractivity contribution in [1.29, 1.82) is 0 Å². The second-order valence-corrected chi connectivity index (χ2v) is 3.92. The van der Waals surface area contributed by atoms with Gasteiger partial charge in [0.25, 0.3) is 0 Å². The minimum absolute atomic E-state index is 0.0463. The van der Waals surface area contributed by atoms with Gasteiger partial charge >= 0.3 is 0 Å². The summed E-state index contributed by atoms with van der Waals surface area (Å²) in [6.45, 7) is 5.69. The van der Waals surface area contributed by atoms with Gasteiger partial charge in [-0.3, -0.25) is 0 Å². The molecule has 3 heteroatoms. The summed E-state index contributed by atoms with van der Waals surface area (Å²) in [6.07, 6.45) is 1.05. The minimum Gasteiger partial charge on any atom is -0.386 e. The predicted molar refractivity (Wildman–Crippen MR) is 43.6 cm³/mol. The van der Waals surface area contributed by atoms with Crippen LogP contribution < -0.4 is 0 Å². The Morgan fingerprint density at radius 1 is 1.42 bits per heavy atom. The van der Waals surface area contributed by atoms with Gasteiger partial charge in [-0.25, -0.2) is 0 Å². The Kier molecular flexibility index (Phi) is 1.59. The van der Waals surface area contributed by atoms with Gasteiger partial charge in [0, 0.05) is 0 Å². The summed E-state index contributed by atoms with van der Waals surface area (Å²) in [5.41, 5.74) is 1.07. The molecular formula is C9H14O3. The molecule has 0 bridgehead atoms. The Hall–Kier alpha value is -0.380. The van der Waals surface area contributed by atoms with Gasteiger partial charge in [-0.15, -0.1) is 0 Å². The lowest BCUT2D eigenvalue weighted by Gasteiger charge is -2.18. The molecule has 1 heterocycles. The van der Waals surface area contributed by atoms with Gasteiger partial charge in [0.1, 0.15) is 18.3 Å². The summed E-state index contributed by atoms with van der Waals surface area (Å²) in [5.74, 6) is -0.550. The van der Waals surface area contributed by atoms with Gasteiger partial charge in [0.05, 0.1) is 0 Å². The number of aliphatic hydroxyl groups is 1. The first-order valence-corrected chi connectivity index (χ1v) is 4.22. The Morgan fingerprint density at radius 2 is 2.08 bits per heavy atom. The summed E-state index contributed by atoms with van der Waals surface area (Å²) in [6, 6.07) is 0. The normalized spacial score (nSPS) is 44.3. The molecule has 0 radical (unpaired) electrons. The van der Waals surface area contributed by atoms with E-state index in [9.17, 15) is 5.11 Å². The highest BCUT2D eigenvalue weighted by atomic mass is 16.8. The predicted octanol–water partition coefficient (Wildman–Crippen LogP) is 0.827. The molecular weight excluding hydrogens is 156 g/mol. The molecule has 0 saturated carbocycles. The monoisotopic (exact) mass is 170 g/mol. The summed E-state index contributed by atoms with van der Waals surface area (Å²) in [4.78, 5) is 0. The van der Waals surface area contributed by atoms with Crippen molar-refractivity contribution in [2.24, 2.45) is 0 Å². The Bertz CT molecular complexity index is 232. The van der Waals surface area contributed by atoms with Crippen LogP contribution in [0.2, 0.25) is 0 Å². The molecule has 1 fully saturated rings. The average molecular weight is 170 g/mol. The molecule has 1 saturated heterocycles. The molecule has 0 amide bonds. The second-order valence-electron chi connectivity index (χ2n) is 3.92. The van der Waals surface area contributed by atoms with Crippen molar-refractivity contribution in [1.82, 2.24) is 0 Å². The van der Waals surface area contributed by atoms with E-state index in [2.05, 4.69) is 0 Å². The van der Waals surface area contributed by atoms with Crippen LogP contribution in [0.4, 0.5) is 0 Å². The molecule has 1 N–H and O–H groups in total. The van der Waals surface area contributed by atoms with Gasteiger partial charge in [0.15, 0.2) is 5.79 Å². The standard InChI is InChI=1S/C9H14O3/c1-5-4-6(10)8-7(5)11-9(2,3)12-8/h4,6-8,10H,1-3H3/t6-,7-,8+/m1/s1. The van der Waals surface area contributed by atoms with Crippen molar-refractivity contribution in [3.8, 4) is 0 Å². The summed E-state index contributed by atoms with van der Waals surface area (Å²) >= 11 is 0. The zero-order valence-electron chi connectivity index (χ0n) is 7.57. The van der Waals surface area contributed by atoms with Gasteiger partial charge in [-0.1, -0.05) is 6.08 Å². The smallest absolute Gasteiger partial charge is 0.164 e. The summed E-state index contributed by atoms with van der Waals surface area (Å²) in [7, 11) is 0. The Labute approximate surface area is 72.0 Å². The Morgan fingerprint density at radius 3 is 2.67 bits per heavy atom. The zero-order chi connectivity index (χ0) is 8.93. The minimum atomic E-state index is -0.550. The van der Waals surface area contributed by atoms with E-state index in [0.29, 0.717) is 0 Å². The number of ether oxygens (including phenoxy) is 2. The van der Waals surface area contributed by atoms with Gasteiger partial charge in [-0.2, -0.15) is 0 Å². The van der Waals surface area contributed by atoms with Crippen LogP contribution in [-0.4, -0.2) is 29.2 Å². The maximum Gasteiger partial charge on any atom is 0.164 e.